The van der Waals surface area contributed by atoms with E-state index in [1.165, 1.54) is 0 Å². The van der Waals surface area contributed by atoms with Crippen LogP contribution in [-0.4, -0.2) is 37.8 Å². The Labute approximate surface area is 106 Å². The lowest BCUT2D eigenvalue weighted by atomic mass is 10.1. The minimum atomic E-state index is -1.68. The molecule has 0 aromatic rings. The normalized spacial score (nSPS) is 38.5. The molecule has 2 fully saturated rings. The molecule has 4 heteroatoms. The zero-order valence-corrected chi connectivity index (χ0v) is 12.7. The molecule has 2 aliphatic heterocycles. The molecule has 0 aromatic carbocycles. The monoisotopic (exact) mass is 258 g/mol. The number of hydrogen-bond acceptors (Lipinski definition) is 3. The van der Waals surface area contributed by atoms with E-state index in [2.05, 4.69) is 33.9 Å². The minimum Gasteiger partial charge on any atom is -0.414 e. The van der Waals surface area contributed by atoms with E-state index in [1.807, 2.05) is 0 Å². The van der Waals surface area contributed by atoms with E-state index >= 15 is 0 Å². The summed E-state index contributed by atoms with van der Waals surface area (Å²) < 4.78 is 12.1. The molecule has 100 valence electrons. The maximum absolute atomic E-state index is 9.81. The van der Waals surface area contributed by atoms with Gasteiger partial charge < -0.3 is 14.3 Å². The summed E-state index contributed by atoms with van der Waals surface area (Å²) in [7, 11) is -1.68. The van der Waals surface area contributed by atoms with Crippen molar-refractivity contribution in [3.05, 3.63) is 0 Å². The number of aliphatic hydroxyl groups excluding tert-OH is 1. The summed E-state index contributed by atoms with van der Waals surface area (Å²) in [6.07, 6.45) is 2.87. The number of rotatable bonds is 2. The van der Waals surface area contributed by atoms with Crippen molar-refractivity contribution in [2.45, 2.75) is 82.6 Å². The molecule has 0 aromatic heterocycles. The summed E-state index contributed by atoms with van der Waals surface area (Å²) in [5.41, 5.74) is 0. The van der Waals surface area contributed by atoms with E-state index in [0.29, 0.717) is 0 Å². The Hall–Kier alpha value is 0.0969. The zero-order valence-electron chi connectivity index (χ0n) is 11.7. The van der Waals surface area contributed by atoms with Gasteiger partial charge in [0.25, 0.3) is 0 Å². The maximum Gasteiger partial charge on any atom is 0.192 e. The standard InChI is InChI=1S/C13H26O3Si/c1-13(2,3)17(4,5)16-10-6-9-7-11(14)12(8-10)15-9/h9-12,14H,6-8H2,1-5H3/t9-,10-,11+,12+/m0/s1. The predicted molar refractivity (Wildman–Crippen MR) is 70.6 cm³/mol. The van der Waals surface area contributed by atoms with Crippen LogP contribution in [0.15, 0.2) is 0 Å². The molecule has 0 unspecified atom stereocenters. The maximum atomic E-state index is 9.81. The quantitative estimate of drug-likeness (QED) is 0.774. The molecule has 4 atom stereocenters. The van der Waals surface area contributed by atoms with Crippen molar-refractivity contribution in [2.24, 2.45) is 0 Å². The first kappa shape index (κ1) is 13.5. The van der Waals surface area contributed by atoms with Crippen LogP contribution in [-0.2, 0) is 9.16 Å². The Kier molecular flexibility index (Phi) is 3.45. The topological polar surface area (TPSA) is 38.7 Å². The molecular formula is C13H26O3Si. The van der Waals surface area contributed by atoms with Gasteiger partial charge in [-0.2, -0.15) is 0 Å². The molecule has 0 aliphatic carbocycles. The molecule has 2 bridgehead atoms. The number of fused-ring (bicyclic) bond motifs is 2. The lowest BCUT2D eigenvalue weighted by Gasteiger charge is -2.41. The molecule has 1 N–H and O–H groups in total. The lowest BCUT2D eigenvalue weighted by Crippen LogP contribution is -2.46. The molecule has 0 saturated carbocycles. The summed E-state index contributed by atoms with van der Waals surface area (Å²) in [4.78, 5) is 0. The molecule has 0 spiro atoms. The lowest BCUT2D eigenvalue weighted by molar-refractivity contribution is -0.0660. The van der Waals surface area contributed by atoms with Gasteiger partial charge in [-0.15, -0.1) is 0 Å². The second-order valence-corrected chi connectivity index (χ2v) is 11.8. The van der Waals surface area contributed by atoms with Crippen molar-refractivity contribution < 1.29 is 14.3 Å². The van der Waals surface area contributed by atoms with Crippen molar-refractivity contribution in [3.63, 3.8) is 0 Å². The highest BCUT2D eigenvalue weighted by Crippen LogP contribution is 2.41. The van der Waals surface area contributed by atoms with E-state index in [-0.39, 0.29) is 29.5 Å². The van der Waals surface area contributed by atoms with E-state index in [1.54, 1.807) is 0 Å². The fourth-order valence-corrected chi connectivity index (χ4v) is 3.90. The zero-order chi connectivity index (χ0) is 12.8. The first-order chi connectivity index (χ1) is 7.69. The van der Waals surface area contributed by atoms with Gasteiger partial charge in [0.1, 0.15) is 0 Å². The fraction of sp³-hybridized carbons (Fsp3) is 1.00. The van der Waals surface area contributed by atoms with Crippen molar-refractivity contribution in [1.29, 1.82) is 0 Å². The minimum absolute atomic E-state index is 0.0171. The summed E-state index contributed by atoms with van der Waals surface area (Å²) in [5.74, 6) is 0. The van der Waals surface area contributed by atoms with Crippen molar-refractivity contribution in [1.82, 2.24) is 0 Å². The number of ether oxygens (including phenoxy) is 1. The van der Waals surface area contributed by atoms with Gasteiger partial charge in [-0.3, -0.25) is 0 Å². The highest BCUT2D eigenvalue weighted by molar-refractivity contribution is 6.74. The molecule has 0 amide bonds. The Balaban J connectivity index is 1.97. The van der Waals surface area contributed by atoms with Crippen LogP contribution in [0.3, 0.4) is 0 Å². The van der Waals surface area contributed by atoms with Crippen LogP contribution in [0.2, 0.25) is 18.1 Å². The first-order valence-corrected chi connectivity index (χ1v) is 9.61. The van der Waals surface area contributed by atoms with E-state index in [0.717, 1.165) is 19.3 Å². The van der Waals surface area contributed by atoms with Gasteiger partial charge in [0, 0.05) is 12.8 Å². The van der Waals surface area contributed by atoms with Crippen LogP contribution in [0.5, 0.6) is 0 Å². The third-order valence-corrected chi connectivity index (χ3v) is 9.12. The molecule has 17 heavy (non-hydrogen) atoms. The van der Waals surface area contributed by atoms with Gasteiger partial charge >= 0.3 is 0 Å². The summed E-state index contributed by atoms with van der Waals surface area (Å²) in [5, 5.41) is 10.1. The van der Waals surface area contributed by atoms with Crippen molar-refractivity contribution >= 4 is 8.32 Å². The van der Waals surface area contributed by atoms with Gasteiger partial charge in [-0.05, 0) is 24.6 Å². The average Bonchev–Trinajstić information content (AvgIpc) is 2.38. The van der Waals surface area contributed by atoms with Crippen molar-refractivity contribution in [2.75, 3.05) is 0 Å². The second kappa shape index (κ2) is 4.33. The molecule has 2 saturated heterocycles. The SMILES string of the molecule is CC(C)(C)[Si](C)(C)O[C@H]1C[C@H]2C[C@@H](O)[C@@H](C1)O2. The molecular weight excluding hydrogens is 232 g/mol. The van der Waals surface area contributed by atoms with E-state index < -0.39 is 8.32 Å². The van der Waals surface area contributed by atoms with Crippen LogP contribution in [0.25, 0.3) is 0 Å². The van der Waals surface area contributed by atoms with Gasteiger partial charge in [-0.25, -0.2) is 0 Å². The molecule has 3 nitrogen and oxygen atoms in total. The van der Waals surface area contributed by atoms with E-state index in [9.17, 15) is 5.11 Å². The molecule has 2 aliphatic rings. The van der Waals surface area contributed by atoms with Gasteiger partial charge in [0.2, 0.25) is 0 Å². The Morgan fingerprint density at radius 2 is 1.82 bits per heavy atom. The third-order valence-electron chi connectivity index (χ3n) is 4.59. The largest absolute Gasteiger partial charge is 0.414 e. The fourth-order valence-electron chi connectivity index (χ4n) is 2.52. The van der Waals surface area contributed by atoms with Crippen molar-refractivity contribution in [3.8, 4) is 0 Å². The van der Waals surface area contributed by atoms with Crippen LogP contribution in [0.1, 0.15) is 40.0 Å². The summed E-state index contributed by atoms with van der Waals surface area (Å²) >= 11 is 0. The first-order valence-electron chi connectivity index (χ1n) is 6.70. The molecule has 2 heterocycles. The van der Waals surface area contributed by atoms with Crippen LogP contribution < -0.4 is 0 Å². The summed E-state index contributed by atoms with van der Waals surface area (Å²) in [6, 6.07) is 0. The smallest absolute Gasteiger partial charge is 0.192 e. The van der Waals surface area contributed by atoms with Gasteiger partial charge in [-0.1, -0.05) is 20.8 Å². The summed E-state index contributed by atoms with van der Waals surface area (Å²) in [6.45, 7) is 11.4. The Bertz CT molecular complexity index is 283. The second-order valence-electron chi connectivity index (χ2n) is 7.07. The Morgan fingerprint density at radius 3 is 2.35 bits per heavy atom. The van der Waals surface area contributed by atoms with Crippen LogP contribution >= 0.6 is 0 Å². The highest BCUT2D eigenvalue weighted by atomic mass is 28.4. The van der Waals surface area contributed by atoms with E-state index in [4.69, 9.17) is 9.16 Å². The number of aliphatic hydroxyl groups is 1. The predicted octanol–water partition coefficient (Wildman–Crippen LogP) is 2.69. The highest BCUT2D eigenvalue weighted by Gasteiger charge is 2.45. The van der Waals surface area contributed by atoms with Crippen LogP contribution in [0, 0.1) is 0 Å². The molecule has 0 radical (unpaired) electrons. The average molecular weight is 258 g/mol. The van der Waals surface area contributed by atoms with Gasteiger partial charge in [0.05, 0.1) is 24.4 Å². The van der Waals surface area contributed by atoms with Crippen LogP contribution in [0.4, 0.5) is 0 Å². The molecule has 2 rings (SSSR count). The number of hydrogen-bond donors (Lipinski definition) is 1. The third kappa shape index (κ3) is 2.75. The van der Waals surface area contributed by atoms with Gasteiger partial charge in [0.15, 0.2) is 8.32 Å². The Morgan fingerprint density at radius 1 is 1.18 bits per heavy atom.